The molecule has 0 amide bonds. The molecule has 0 saturated carbocycles. The van der Waals surface area contributed by atoms with E-state index in [4.69, 9.17) is 11.6 Å². The van der Waals surface area contributed by atoms with Gasteiger partial charge in [-0.2, -0.15) is 0 Å². The number of hydrogen-bond acceptors (Lipinski definition) is 7. The maximum Gasteiger partial charge on any atom is 0.258 e. The van der Waals surface area contributed by atoms with E-state index in [0.29, 0.717) is 28.7 Å². The second kappa shape index (κ2) is 7.12. The van der Waals surface area contributed by atoms with E-state index < -0.39 is 0 Å². The summed E-state index contributed by atoms with van der Waals surface area (Å²) in [4.78, 5) is 16.6. The molecule has 0 aliphatic heterocycles. The van der Waals surface area contributed by atoms with Crippen molar-refractivity contribution in [3.05, 3.63) is 58.1 Å². The predicted octanol–water partition coefficient (Wildman–Crippen LogP) is 3.09. The first-order chi connectivity index (χ1) is 11.2. The lowest BCUT2D eigenvalue weighted by Crippen LogP contribution is -2.14. The summed E-state index contributed by atoms with van der Waals surface area (Å²) in [5.41, 5.74) is 1.11. The Hall–Kier alpha value is -1.90. The van der Waals surface area contributed by atoms with Crippen molar-refractivity contribution in [2.24, 2.45) is 0 Å². The number of rotatable bonds is 6. The highest BCUT2D eigenvalue weighted by Crippen LogP contribution is 2.27. The summed E-state index contributed by atoms with van der Waals surface area (Å²) in [6, 6.07) is 4.94. The Morgan fingerprint density at radius 3 is 3.13 bits per heavy atom. The smallest absolute Gasteiger partial charge is 0.258 e. The van der Waals surface area contributed by atoms with Crippen LogP contribution in [0, 0.1) is 0 Å². The maximum absolute atomic E-state index is 12.1. The van der Waals surface area contributed by atoms with Crippen LogP contribution in [-0.2, 0) is 5.75 Å². The van der Waals surface area contributed by atoms with Gasteiger partial charge in [-0.25, -0.2) is 4.98 Å². The van der Waals surface area contributed by atoms with Gasteiger partial charge < -0.3 is 5.32 Å². The summed E-state index contributed by atoms with van der Waals surface area (Å²) in [7, 11) is 0. The highest BCUT2D eigenvalue weighted by atomic mass is 35.5. The summed E-state index contributed by atoms with van der Waals surface area (Å²) in [5.74, 6) is 0.546. The number of thioether (sulfide) groups is 1. The minimum Gasteiger partial charge on any atom is -0.357 e. The molecule has 3 aromatic heterocycles. The van der Waals surface area contributed by atoms with Crippen molar-refractivity contribution in [1.82, 2.24) is 19.6 Å². The van der Waals surface area contributed by atoms with E-state index in [1.54, 1.807) is 24.4 Å². The van der Waals surface area contributed by atoms with Crippen LogP contribution < -0.4 is 10.9 Å². The van der Waals surface area contributed by atoms with Crippen LogP contribution in [0.1, 0.15) is 5.69 Å². The van der Waals surface area contributed by atoms with Crippen molar-refractivity contribution in [3.8, 4) is 0 Å². The number of halogens is 1. The minimum atomic E-state index is -0.154. The van der Waals surface area contributed by atoms with Crippen molar-refractivity contribution in [2.45, 2.75) is 10.1 Å². The normalized spacial score (nSPS) is 10.8. The zero-order chi connectivity index (χ0) is 16.2. The van der Waals surface area contributed by atoms with Gasteiger partial charge in [-0.15, -0.1) is 16.8 Å². The van der Waals surface area contributed by atoms with Gasteiger partial charge in [0, 0.05) is 24.6 Å². The number of fused-ring (bicyclic) bond motifs is 1. The molecule has 0 bridgehead atoms. The molecule has 9 heteroatoms. The minimum absolute atomic E-state index is 0.154. The van der Waals surface area contributed by atoms with Gasteiger partial charge in [-0.3, -0.25) is 9.20 Å². The molecule has 3 heterocycles. The van der Waals surface area contributed by atoms with Crippen molar-refractivity contribution < 1.29 is 0 Å². The molecule has 0 unspecified atom stereocenters. The van der Waals surface area contributed by atoms with Crippen LogP contribution in [0.4, 0.5) is 5.13 Å². The van der Waals surface area contributed by atoms with Crippen LogP contribution in [-0.4, -0.2) is 26.1 Å². The number of nitrogens with one attached hydrogen (secondary N) is 1. The van der Waals surface area contributed by atoms with Gasteiger partial charge in [-0.05, 0) is 12.1 Å². The molecule has 23 heavy (non-hydrogen) atoms. The van der Waals surface area contributed by atoms with Gasteiger partial charge in [0.25, 0.3) is 5.56 Å². The van der Waals surface area contributed by atoms with Crippen LogP contribution in [0.5, 0.6) is 0 Å². The third kappa shape index (κ3) is 3.90. The fourth-order valence-corrected chi connectivity index (χ4v) is 3.65. The molecule has 0 spiro atoms. The van der Waals surface area contributed by atoms with Gasteiger partial charge in [-0.1, -0.05) is 40.8 Å². The molecule has 0 fully saturated rings. The first-order valence-electron chi connectivity index (χ1n) is 6.64. The van der Waals surface area contributed by atoms with Crippen molar-refractivity contribution in [1.29, 1.82) is 0 Å². The van der Waals surface area contributed by atoms with Crippen molar-refractivity contribution >= 4 is 45.5 Å². The van der Waals surface area contributed by atoms with Crippen LogP contribution in [0.2, 0.25) is 5.02 Å². The summed E-state index contributed by atoms with van der Waals surface area (Å²) in [6.07, 6.45) is 3.32. The molecule has 118 valence electrons. The fourth-order valence-electron chi connectivity index (χ4n) is 1.83. The summed E-state index contributed by atoms with van der Waals surface area (Å²) < 4.78 is 2.24. The maximum atomic E-state index is 12.1. The standard InChI is InChI=1S/C14H12ClN5OS2/c1-2-5-16-13-18-19-14(23-13)22-8-10-6-12(21)20-7-9(15)3-4-11(20)17-10/h2-4,6-7H,1,5,8H2,(H,16,18). The predicted molar refractivity (Wildman–Crippen MR) is 94.6 cm³/mol. The zero-order valence-electron chi connectivity index (χ0n) is 11.9. The lowest BCUT2D eigenvalue weighted by Gasteiger charge is -2.03. The van der Waals surface area contributed by atoms with Gasteiger partial charge in [0.1, 0.15) is 5.65 Å². The molecular formula is C14H12ClN5OS2. The van der Waals surface area contributed by atoms with Gasteiger partial charge in [0.2, 0.25) is 5.13 Å². The molecule has 0 saturated heterocycles. The van der Waals surface area contributed by atoms with E-state index in [1.165, 1.54) is 33.6 Å². The second-order valence-electron chi connectivity index (χ2n) is 4.49. The number of hydrogen-bond donors (Lipinski definition) is 1. The Balaban J connectivity index is 1.74. The quantitative estimate of drug-likeness (QED) is 0.534. The highest BCUT2D eigenvalue weighted by molar-refractivity contribution is 8.00. The number of anilines is 1. The highest BCUT2D eigenvalue weighted by Gasteiger charge is 2.07. The molecule has 3 rings (SSSR count). The SMILES string of the molecule is C=CCNc1nnc(SCc2cc(=O)n3cc(Cl)ccc3n2)s1. The van der Waals surface area contributed by atoms with E-state index in [1.807, 2.05) is 0 Å². The third-order valence-corrected chi connectivity index (χ3v) is 5.10. The van der Waals surface area contributed by atoms with E-state index in [9.17, 15) is 4.79 Å². The molecule has 0 aliphatic rings. The van der Waals surface area contributed by atoms with E-state index in [-0.39, 0.29) is 5.56 Å². The average molecular weight is 366 g/mol. The first-order valence-corrected chi connectivity index (χ1v) is 8.82. The summed E-state index contributed by atoms with van der Waals surface area (Å²) in [5, 5.41) is 12.4. The third-order valence-electron chi connectivity index (χ3n) is 2.82. The molecule has 0 radical (unpaired) electrons. The Labute approximate surface area is 145 Å². The second-order valence-corrected chi connectivity index (χ2v) is 7.13. The van der Waals surface area contributed by atoms with E-state index in [2.05, 4.69) is 27.1 Å². The van der Waals surface area contributed by atoms with Gasteiger partial charge in [0.15, 0.2) is 4.34 Å². The molecule has 1 N–H and O–H groups in total. The van der Waals surface area contributed by atoms with E-state index in [0.717, 1.165) is 9.47 Å². The topological polar surface area (TPSA) is 72.2 Å². The lowest BCUT2D eigenvalue weighted by atomic mass is 10.4. The molecule has 6 nitrogen and oxygen atoms in total. The number of aromatic nitrogens is 4. The molecule has 0 atom stereocenters. The Morgan fingerprint density at radius 2 is 2.30 bits per heavy atom. The Kier molecular flexibility index (Phi) is 4.94. The summed E-state index contributed by atoms with van der Waals surface area (Å²) in [6.45, 7) is 4.28. The average Bonchev–Trinajstić information content (AvgIpc) is 2.99. The number of pyridine rings is 1. The fraction of sp³-hybridized carbons (Fsp3) is 0.143. The summed E-state index contributed by atoms with van der Waals surface area (Å²) >= 11 is 8.84. The van der Waals surface area contributed by atoms with Gasteiger partial charge in [0.05, 0.1) is 10.7 Å². The first kappa shape index (κ1) is 16.0. The molecular weight excluding hydrogens is 354 g/mol. The lowest BCUT2D eigenvalue weighted by molar-refractivity contribution is 0.997. The van der Waals surface area contributed by atoms with Crippen LogP contribution in [0.3, 0.4) is 0 Å². The Morgan fingerprint density at radius 1 is 1.43 bits per heavy atom. The Bertz CT molecular complexity index is 908. The molecule has 0 aromatic carbocycles. The zero-order valence-corrected chi connectivity index (χ0v) is 14.3. The van der Waals surface area contributed by atoms with Crippen LogP contribution in [0.15, 0.2) is 46.2 Å². The molecule has 3 aromatic rings. The molecule has 0 aliphatic carbocycles. The van der Waals surface area contributed by atoms with Crippen LogP contribution >= 0.6 is 34.7 Å². The number of nitrogens with zero attached hydrogens (tertiary/aromatic N) is 4. The van der Waals surface area contributed by atoms with Crippen molar-refractivity contribution in [2.75, 3.05) is 11.9 Å². The van der Waals surface area contributed by atoms with E-state index >= 15 is 0 Å². The van der Waals surface area contributed by atoms with Crippen LogP contribution in [0.25, 0.3) is 5.65 Å². The largest absolute Gasteiger partial charge is 0.357 e. The van der Waals surface area contributed by atoms with Gasteiger partial charge >= 0.3 is 0 Å². The van der Waals surface area contributed by atoms with Crippen molar-refractivity contribution in [3.63, 3.8) is 0 Å². The monoisotopic (exact) mass is 365 g/mol.